The van der Waals surface area contributed by atoms with Crippen LogP contribution in [-0.2, 0) is 27.2 Å². The molecule has 1 aromatic heterocycles. The number of rotatable bonds is 6. The van der Waals surface area contributed by atoms with Crippen LogP contribution in [0.1, 0.15) is 25.5 Å². The third kappa shape index (κ3) is 3.30. The predicted molar refractivity (Wildman–Crippen MR) is 61.5 cm³/mol. The summed E-state index contributed by atoms with van der Waals surface area (Å²) in [5.41, 5.74) is 1.06. The molecule has 5 nitrogen and oxygen atoms in total. The van der Waals surface area contributed by atoms with Crippen LogP contribution in [-0.4, -0.2) is 34.8 Å². The summed E-state index contributed by atoms with van der Waals surface area (Å²) in [6.45, 7) is 3.94. The number of esters is 1. The third-order valence-corrected chi connectivity index (χ3v) is 2.88. The molecule has 2 rings (SSSR count). The topological polar surface area (TPSA) is 53.3 Å². The van der Waals surface area contributed by atoms with Gasteiger partial charge in [-0.25, -0.2) is 4.98 Å². The average molecular weight is 238 g/mol. The minimum Gasteiger partial charge on any atom is -0.466 e. The average Bonchev–Trinajstić information content (AvgIpc) is 2.68. The van der Waals surface area contributed by atoms with Crippen LogP contribution in [0.3, 0.4) is 0 Å². The van der Waals surface area contributed by atoms with Crippen LogP contribution < -0.4 is 0 Å². The van der Waals surface area contributed by atoms with Gasteiger partial charge >= 0.3 is 5.97 Å². The summed E-state index contributed by atoms with van der Waals surface area (Å²) in [7, 11) is 0. The monoisotopic (exact) mass is 238 g/mol. The summed E-state index contributed by atoms with van der Waals surface area (Å²) >= 11 is 0. The highest BCUT2D eigenvalue weighted by atomic mass is 16.5. The van der Waals surface area contributed by atoms with Gasteiger partial charge in [-0.3, -0.25) is 4.79 Å². The van der Waals surface area contributed by atoms with Crippen LogP contribution in [0, 0.1) is 0 Å². The van der Waals surface area contributed by atoms with Crippen LogP contribution in [0.2, 0.25) is 0 Å². The van der Waals surface area contributed by atoms with Gasteiger partial charge in [-0.05, 0) is 19.8 Å². The summed E-state index contributed by atoms with van der Waals surface area (Å²) < 4.78 is 12.3. The summed E-state index contributed by atoms with van der Waals surface area (Å²) in [5, 5.41) is 0. The first-order valence-electron chi connectivity index (χ1n) is 6.06. The lowest BCUT2D eigenvalue weighted by atomic mass is 10.2. The largest absolute Gasteiger partial charge is 0.466 e. The number of aromatic nitrogens is 2. The molecule has 5 heteroatoms. The van der Waals surface area contributed by atoms with Crippen molar-refractivity contribution in [1.82, 2.24) is 9.55 Å². The van der Waals surface area contributed by atoms with E-state index in [9.17, 15) is 4.79 Å². The van der Waals surface area contributed by atoms with Gasteiger partial charge in [0.15, 0.2) is 0 Å². The van der Waals surface area contributed by atoms with E-state index in [1.54, 1.807) is 12.5 Å². The maximum atomic E-state index is 11.3. The maximum absolute atomic E-state index is 11.3. The van der Waals surface area contributed by atoms with Crippen LogP contribution in [0.15, 0.2) is 12.5 Å². The van der Waals surface area contributed by atoms with Crippen molar-refractivity contribution >= 4 is 5.97 Å². The Kier molecular flexibility index (Phi) is 4.14. The first kappa shape index (κ1) is 12.1. The molecule has 0 bridgehead atoms. The van der Waals surface area contributed by atoms with E-state index in [1.807, 2.05) is 6.92 Å². The van der Waals surface area contributed by atoms with Crippen molar-refractivity contribution in [2.45, 2.75) is 38.8 Å². The number of carbonyl (C=O) groups excluding carboxylic acids is 1. The van der Waals surface area contributed by atoms with Crippen molar-refractivity contribution in [3.63, 3.8) is 0 Å². The van der Waals surface area contributed by atoms with Gasteiger partial charge in [-0.1, -0.05) is 0 Å². The Bertz CT molecular complexity index is 372. The van der Waals surface area contributed by atoms with Crippen LogP contribution in [0.5, 0.6) is 0 Å². The second-order valence-electron chi connectivity index (χ2n) is 4.12. The summed E-state index contributed by atoms with van der Waals surface area (Å²) in [6.07, 6.45) is 6.09. The maximum Gasteiger partial charge on any atom is 0.306 e. The van der Waals surface area contributed by atoms with Gasteiger partial charge in [0, 0.05) is 18.5 Å². The summed E-state index contributed by atoms with van der Waals surface area (Å²) in [6, 6.07) is 0. The van der Waals surface area contributed by atoms with Crippen molar-refractivity contribution in [2.75, 3.05) is 13.2 Å². The third-order valence-electron chi connectivity index (χ3n) is 2.88. The van der Waals surface area contributed by atoms with E-state index in [0.717, 1.165) is 25.3 Å². The fourth-order valence-electron chi connectivity index (χ4n) is 1.83. The van der Waals surface area contributed by atoms with Gasteiger partial charge in [0.25, 0.3) is 0 Å². The standard InChI is InChI=1S/C12H18N2O3/c1-2-16-12(15)4-3-10-7-13-9-14(10)8-11-5-6-17-11/h7,9,11H,2-6,8H2,1H3/t11-/m0/s1. The predicted octanol–water partition coefficient (Wildman–Crippen LogP) is 1.17. The van der Waals surface area contributed by atoms with Crippen molar-refractivity contribution in [3.8, 4) is 0 Å². The first-order valence-corrected chi connectivity index (χ1v) is 6.06. The lowest BCUT2D eigenvalue weighted by Gasteiger charge is -2.27. The highest BCUT2D eigenvalue weighted by Crippen LogP contribution is 2.15. The molecule has 0 spiro atoms. The molecule has 0 amide bonds. The molecular weight excluding hydrogens is 220 g/mol. The van der Waals surface area contributed by atoms with E-state index in [0.29, 0.717) is 25.6 Å². The zero-order chi connectivity index (χ0) is 12.1. The molecular formula is C12H18N2O3. The fourth-order valence-corrected chi connectivity index (χ4v) is 1.83. The van der Waals surface area contributed by atoms with Crippen molar-refractivity contribution < 1.29 is 14.3 Å². The molecule has 1 aliphatic rings. The molecule has 94 valence electrons. The highest BCUT2D eigenvalue weighted by Gasteiger charge is 2.19. The number of hydrogen-bond acceptors (Lipinski definition) is 4. The molecule has 0 aromatic carbocycles. The quantitative estimate of drug-likeness (QED) is 0.698. The fraction of sp³-hybridized carbons (Fsp3) is 0.667. The summed E-state index contributed by atoms with van der Waals surface area (Å²) in [4.78, 5) is 15.4. The van der Waals surface area contributed by atoms with E-state index in [1.165, 1.54) is 0 Å². The normalized spacial score (nSPS) is 18.8. The second kappa shape index (κ2) is 5.82. The Morgan fingerprint density at radius 2 is 2.53 bits per heavy atom. The van der Waals surface area contributed by atoms with Gasteiger partial charge in [-0.15, -0.1) is 0 Å². The van der Waals surface area contributed by atoms with Crippen LogP contribution in [0.4, 0.5) is 0 Å². The smallest absolute Gasteiger partial charge is 0.306 e. The Hall–Kier alpha value is -1.36. The minimum atomic E-state index is -0.153. The van der Waals surface area contributed by atoms with Gasteiger partial charge < -0.3 is 14.0 Å². The Morgan fingerprint density at radius 1 is 1.71 bits per heavy atom. The molecule has 1 aliphatic heterocycles. The van der Waals surface area contributed by atoms with E-state index in [-0.39, 0.29) is 5.97 Å². The summed E-state index contributed by atoms with van der Waals surface area (Å²) in [5.74, 6) is -0.153. The zero-order valence-corrected chi connectivity index (χ0v) is 10.1. The molecule has 0 unspecified atom stereocenters. The Labute approximate surface area is 101 Å². The Morgan fingerprint density at radius 3 is 3.18 bits per heavy atom. The zero-order valence-electron chi connectivity index (χ0n) is 10.1. The molecule has 1 fully saturated rings. The number of nitrogens with zero attached hydrogens (tertiary/aromatic N) is 2. The van der Waals surface area contributed by atoms with Gasteiger partial charge in [0.05, 0.1) is 32.0 Å². The number of ether oxygens (including phenoxy) is 2. The highest BCUT2D eigenvalue weighted by molar-refractivity contribution is 5.69. The van der Waals surface area contributed by atoms with E-state index >= 15 is 0 Å². The molecule has 1 atom stereocenters. The van der Waals surface area contributed by atoms with Crippen LogP contribution >= 0.6 is 0 Å². The number of imidazole rings is 1. The molecule has 2 heterocycles. The van der Waals surface area contributed by atoms with Gasteiger partial charge in [-0.2, -0.15) is 0 Å². The number of carbonyl (C=O) groups is 1. The van der Waals surface area contributed by atoms with Crippen molar-refractivity contribution in [1.29, 1.82) is 0 Å². The second-order valence-corrected chi connectivity index (χ2v) is 4.12. The van der Waals surface area contributed by atoms with E-state index in [4.69, 9.17) is 9.47 Å². The Balaban J connectivity index is 1.83. The van der Waals surface area contributed by atoms with E-state index in [2.05, 4.69) is 9.55 Å². The first-order chi connectivity index (χ1) is 8.29. The molecule has 1 saturated heterocycles. The molecule has 0 aliphatic carbocycles. The minimum absolute atomic E-state index is 0.153. The molecule has 17 heavy (non-hydrogen) atoms. The lowest BCUT2D eigenvalue weighted by Crippen LogP contribution is -2.31. The molecule has 1 aromatic rings. The van der Waals surface area contributed by atoms with Gasteiger partial charge in [0.2, 0.25) is 0 Å². The van der Waals surface area contributed by atoms with Crippen molar-refractivity contribution in [2.24, 2.45) is 0 Å². The lowest BCUT2D eigenvalue weighted by molar-refractivity contribution is -0.143. The molecule has 0 radical (unpaired) electrons. The SMILES string of the molecule is CCOC(=O)CCc1cncn1C[C@@H]1CCO1. The molecule has 0 N–H and O–H groups in total. The number of hydrogen-bond donors (Lipinski definition) is 0. The molecule has 0 saturated carbocycles. The van der Waals surface area contributed by atoms with Crippen molar-refractivity contribution in [3.05, 3.63) is 18.2 Å². The number of aryl methyl sites for hydroxylation is 1. The van der Waals surface area contributed by atoms with Crippen LogP contribution in [0.25, 0.3) is 0 Å². The van der Waals surface area contributed by atoms with E-state index < -0.39 is 0 Å². The van der Waals surface area contributed by atoms with Gasteiger partial charge in [0.1, 0.15) is 0 Å².